The van der Waals surface area contributed by atoms with Crippen molar-refractivity contribution >= 4 is 23.2 Å². The molecule has 2 heterocycles. The van der Waals surface area contributed by atoms with Crippen LogP contribution in [-0.2, 0) is 4.79 Å². The first-order valence-corrected chi connectivity index (χ1v) is 7.00. The first-order chi connectivity index (χ1) is 9.37. The third kappa shape index (κ3) is 2.21. The van der Waals surface area contributed by atoms with Crippen LogP contribution in [0, 0.1) is 0 Å². The topological polar surface area (TPSA) is 58.8 Å². The van der Waals surface area contributed by atoms with E-state index < -0.39 is 0 Å². The van der Waals surface area contributed by atoms with Gasteiger partial charge in [-0.2, -0.15) is 0 Å². The fourth-order valence-corrected chi connectivity index (χ4v) is 3.21. The van der Waals surface area contributed by atoms with Gasteiger partial charge >= 0.3 is 0 Å². The summed E-state index contributed by atoms with van der Waals surface area (Å²) in [6.07, 6.45) is 0. The molecule has 2 aliphatic rings. The minimum atomic E-state index is -0.326. The highest BCUT2D eigenvalue weighted by molar-refractivity contribution is 6.31. The third-order valence-electron chi connectivity index (χ3n) is 3.95. The van der Waals surface area contributed by atoms with E-state index in [1.807, 2.05) is 23.1 Å². The molecule has 1 fully saturated rings. The van der Waals surface area contributed by atoms with E-state index in [-0.39, 0.29) is 24.1 Å². The van der Waals surface area contributed by atoms with Crippen LogP contribution in [0.2, 0.25) is 5.02 Å². The lowest BCUT2D eigenvalue weighted by Crippen LogP contribution is -2.54. The Bertz CT molecular complexity index is 561. The predicted molar refractivity (Wildman–Crippen MR) is 78.1 cm³/mol. The fraction of sp³-hybridized carbons (Fsp3) is 0.500. The number of fused-ring (bicyclic) bond motifs is 3. The highest BCUT2D eigenvalue weighted by atomic mass is 35.5. The summed E-state index contributed by atoms with van der Waals surface area (Å²) >= 11 is 6.09. The number of carbonyl (C=O) groups excluding carboxylic acids is 1. The maximum absolute atomic E-state index is 11.1. The average molecular weight is 296 g/mol. The number of halogens is 1. The Morgan fingerprint density at radius 3 is 3.00 bits per heavy atom. The standard InChI is InChI=1S/C14H18ClN3O2/c1-14(2)12-6-17(7-13(16)19)8-18(12)10-5-9(15)3-4-11(10)20-14/h3-5,12H,6-8H2,1-2H3,(H2,16,19). The molecule has 0 spiro atoms. The second-order valence-corrected chi connectivity index (χ2v) is 6.36. The van der Waals surface area contributed by atoms with Crippen LogP contribution in [-0.4, -0.2) is 42.2 Å². The molecular formula is C14H18ClN3O2. The fourth-order valence-electron chi connectivity index (χ4n) is 3.04. The molecule has 1 saturated heterocycles. The molecule has 1 atom stereocenters. The quantitative estimate of drug-likeness (QED) is 0.897. The minimum Gasteiger partial charge on any atom is -0.483 e. The minimum absolute atomic E-state index is 0.174. The Morgan fingerprint density at radius 2 is 2.30 bits per heavy atom. The number of hydrogen-bond donors (Lipinski definition) is 1. The van der Waals surface area contributed by atoms with Crippen molar-refractivity contribution in [2.45, 2.75) is 25.5 Å². The average Bonchev–Trinajstić information content (AvgIpc) is 2.74. The number of primary amides is 1. The predicted octanol–water partition coefficient (Wildman–Crippen LogP) is 1.44. The maximum atomic E-state index is 11.1. The molecule has 3 rings (SSSR count). The lowest BCUT2D eigenvalue weighted by molar-refractivity contribution is -0.118. The number of anilines is 1. The zero-order valence-electron chi connectivity index (χ0n) is 11.6. The molecule has 1 amide bonds. The molecule has 6 heteroatoms. The molecule has 108 valence electrons. The van der Waals surface area contributed by atoms with Crippen molar-refractivity contribution < 1.29 is 9.53 Å². The summed E-state index contributed by atoms with van der Waals surface area (Å²) in [6.45, 7) is 5.81. The van der Waals surface area contributed by atoms with E-state index >= 15 is 0 Å². The van der Waals surface area contributed by atoms with E-state index in [1.54, 1.807) is 0 Å². The first-order valence-electron chi connectivity index (χ1n) is 6.63. The van der Waals surface area contributed by atoms with Crippen LogP contribution in [0.15, 0.2) is 18.2 Å². The van der Waals surface area contributed by atoms with Crippen LogP contribution in [0.25, 0.3) is 0 Å². The highest BCUT2D eigenvalue weighted by Gasteiger charge is 2.46. The van der Waals surface area contributed by atoms with E-state index in [2.05, 4.69) is 18.7 Å². The molecule has 2 aliphatic heterocycles. The van der Waals surface area contributed by atoms with Gasteiger partial charge in [0.25, 0.3) is 0 Å². The van der Waals surface area contributed by atoms with Gasteiger partial charge < -0.3 is 15.4 Å². The summed E-state index contributed by atoms with van der Waals surface area (Å²) in [6, 6.07) is 5.81. The van der Waals surface area contributed by atoms with E-state index in [4.69, 9.17) is 22.1 Å². The number of carbonyl (C=O) groups is 1. The number of hydrogen-bond acceptors (Lipinski definition) is 4. The van der Waals surface area contributed by atoms with Gasteiger partial charge in [0.05, 0.1) is 24.9 Å². The zero-order valence-corrected chi connectivity index (χ0v) is 12.4. The molecule has 1 aromatic rings. The number of benzene rings is 1. The Hall–Kier alpha value is -1.46. The Balaban J connectivity index is 1.96. The van der Waals surface area contributed by atoms with Crippen molar-refractivity contribution in [3.63, 3.8) is 0 Å². The van der Waals surface area contributed by atoms with Crippen LogP contribution in [0.4, 0.5) is 5.69 Å². The van der Waals surface area contributed by atoms with Gasteiger partial charge in [0.2, 0.25) is 5.91 Å². The lowest BCUT2D eigenvalue weighted by Gasteiger charge is -2.44. The molecule has 5 nitrogen and oxygen atoms in total. The monoisotopic (exact) mass is 295 g/mol. The molecule has 20 heavy (non-hydrogen) atoms. The molecule has 0 radical (unpaired) electrons. The molecule has 2 N–H and O–H groups in total. The van der Waals surface area contributed by atoms with Gasteiger partial charge in [-0.3, -0.25) is 9.69 Å². The zero-order chi connectivity index (χ0) is 14.5. The molecule has 0 aliphatic carbocycles. The molecule has 1 unspecified atom stereocenters. The lowest BCUT2D eigenvalue weighted by atomic mass is 9.95. The van der Waals surface area contributed by atoms with E-state index in [9.17, 15) is 4.79 Å². The normalized spacial score (nSPS) is 23.9. The number of nitrogens with two attached hydrogens (primary N) is 1. The third-order valence-corrected chi connectivity index (χ3v) is 4.18. The van der Waals surface area contributed by atoms with E-state index in [0.717, 1.165) is 18.0 Å². The summed E-state index contributed by atoms with van der Waals surface area (Å²) in [5, 5.41) is 0.680. The van der Waals surface area contributed by atoms with Gasteiger partial charge in [0.1, 0.15) is 11.4 Å². The van der Waals surface area contributed by atoms with Crippen LogP contribution >= 0.6 is 11.6 Å². The second kappa shape index (κ2) is 4.53. The Kier molecular flexibility index (Phi) is 3.06. The van der Waals surface area contributed by atoms with Crippen molar-refractivity contribution in [3.05, 3.63) is 23.2 Å². The van der Waals surface area contributed by atoms with Gasteiger partial charge in [-0.25, -0.2) is 0 Å². The number of nitrogens with zero attached hydrogens (tertiary/aromatic N) is 2. The van der Waals surface area contributed by atoms with Gasteiger partial charge in [-0.05, 0) is 32.0 Å². The molecular weight excluding hydrogens is 278 g/mol. The Labute approximate surface area is 123 Å². The smallest absolute Gasteiger partial charge is 0.231 e. The molecule has 0 saturated carbocycles. The van der Waals surface area contributed by atoms with Gasteiger partial charge in [0.15, 0.2) is 0 Å². The maximum Gasteiger partial charge on any atom is 0.231 e. The summed E-state index contributed by atoms with van der Waals surface area (Å²) in [5.74, 6) is 0.520. The van der Waals surface area contributed by atoms with Crippen molar-refractivity contribution in [1.29, 1.82) is 0 Å². The summed E-state index contributed by atoms with van der Waals surface area (Å²) < 4.78 is 6.10. The molecule has 0 bridgehead atoms. The summed E-state index contributed by atoms with van der Waals surface area (Å²) in [4.78, 5) is 15.4. The van der Waals surface area contributed by atoms with Crippen molar-refractivity contribution in [2.75, 3.05) is 24.7 Å². The van der Waals surface area contributed by atoms with Gasteiger partial charge in [-0.15, -0.1) is 0 Å². The van der Waals surface area contributed by atoms with Crippen LogP contribution in [0.5, 0.6) is 5.75 Å². The second-order valence-electron chi connectivity index (χ2n) is 5.92. The van der Waals surface area contributed by atoms with Crippen LogP contribution < -0.4 is 15.4 Å². The van der Waals surface area contributed by atoms with Crippen molar-refractivity contribution in [2.24, 2.45) is 5.73 Å². The Morgan fingerprint density at radius 1 is 1.55 bits per heavy atom. The molecule has 0 aromatic heterocycles. The SMILES string of the molecule is CC1(C)Oc2ccc(Cl)cc2N2CN(CC(N)=O)CC21. The van der Waals surface area contributed by atoms with Gasteiger partial charge in [-0.1, -0.05) is 11.6 Å². The number of amides is 1. The van der Waals surface area contributed by atoms with Crippen LogP contribution in [0.3, 0.4) is 0 Å². The number of rotatable bonds is 2. The van der Waals surface area contributed by atoms with E-state index in [0.29, 0.717) is 11.7 Å². The van der Waals surface area contributed by atoms with Crippen LogP contribution in [0.1, 0.15) is 13.8 Å². The largest absolute Gasteiger partial charge is 0.483 e. The van der Waals surface area contributed by atoms with Crippen molar-refractivity contribution in [3.8, 4) is 5.75 Å². The number of ether oxygens (including phenoxy) is 1. The van der Waals surface area contributed by atoms with Crippen molar-refractivity contribution in [1.82, 2.24) is 4.90 Å². The molecule has 1 aromatic carbocycles. The first kappa shape index (κ1) is 13.5. The highest BCUT2D eigenvalue weighted by Crippen LogP contribution is 2.43. The summed E-state index contributed by atoms with van der Waals surface area (Å²) in [5.41, 5.74) is 5.95. The van der Waals surface area contributed by atoms with Gasteiger partial charge in [0, 0.05) is 11.6 Å². The van der Waals surface area contributed by atoms with E-state index in [1.165, 1.54) is 0 Å². The summed E-state index contributed by atoms with van der Waals surface area (Å²) in [7, 11) is 0.